The topological polar surface area (TPSA) is 132 Å². The predicted octanol–water partition coefficient (Wildman–Crippen LogP) is 3.07. The lowest BCUT2D eigenvalue weighted by Crippen LogP contribution is -2.45. The first-order valence-corrected chi connectivity index (χ1v) is 11.1. The molecular formula is C25H27N3O7. The third-order valence-corrected chi connectivity index (χ3v) is 5.03. The minimum absolute atomic E-state index is 0.176. The number of nitrogens with one attached hydrogen (secondary N) is 3. The summed E-state index contributed by atoms with van der Waals surface area (Å²) in [6.07, 6.45) is 0. The van der Waals surface area contributed by atoms with Crippen LogP contribution in [0.25, 0.3) is 0 Å². The average molecular weight is 482 g/mol. The largest absolute Gasteiger partial charge is 0.483 e. The molecule has 2 aromatic rings. The maximum atomic E-state index is 12.6. The highest BCUT2D eigenvalue weighted by atomic mass is 16.5. The molecule has 0 spiro atoms. The molecule has 0 aromatic heterocycles. The van der Waals surface area contributed by atoms with Crippen LogP contribution in [0.5, 0.6) is 5.75 Å². The molecule has 0 saturated heterocycles. The van der Waals surface area contributed by atoms with Crippen molar-refractivity contribution >= 4 is 29.6 Å². The van der Waals surface area contributed by atoms with Crippen molar-refractivity contribution in [2.45, 2.75) is 26.8 Å². The maximum Gasteiger partial charge on any atom is 0.338 e. The molecular weight excluding hydrogens is 454 g/mol. The molecule has 0 saturated carbocycles. The van der Waals surface area contributed by atoms with Crippen LogP contribution in [0.2, 0.25) is 0 Å². The third kappa shape index (κ3) is 6.38. The molecule has 0 unspecified atom stereocenters. The van der Waals surface area contributed by atoms with Crippen LogP contribution in [-0.2, 0) is 19.1 Å². The van der Waals surface area contributed by atoms with Crippen molar-refractivity contribution in [3.8, 4) is 5.75 Å². The number of urea groups is 1. The Balaban J connectivity index is 1.72. The van der Waals surface area contributed by atoms with Crippen LogP contribution in [0.4, 0.5) is 10.5 Å². The zero-order valence-electron chi connectivity index (χ0n) is 19.7. The summed E-state index contributed by atoms with van der Waals surface area (Å²) in [5, 5.41) is 7.98. The van der Waals surface area contributed by atoms with Gasteiger partial charge in [-0.2, -0.15) is 0 Å². The zero-order valence-corrected chi connectivity index (χ0v) is 19.7. The molecule has 3 rings (SSSR count). The van der Waals surface area contributed by atoms with Crippen LogP contribution in [-0.4, -0.2) is 43.7 Å². The average Bonchev–Trinajstić information content (AvgIpc) is 2.83. The predicted molar refractivity (Wildman–Crippen MR) is 127 cm³/mol. The second-order valence-corrected chi connectivity index (χ2v) is 7.46. The number of amides is 3. The Morgan fingerprint density at radius 2 is 1.60 bits per heavy atom. The number of hydrogen-bond acceptors (Lipinski definition) is 7. The van der Waals surface area contributed by atoms with Gasteiger partial charge < -0.3 is 30.2 Å². The summed E-state index contributed by atoms with van der Waals surface area (Å²) in [4.78, 5) is 48.9. The van der Waals surface area contributed by atoms with Crippen LogP contribution in [0, 0.1) is 0 Å². The van der Waals surface area contributed by atoms with E-state index in [1.165, 1.54) is 0 Å². The quantitative estimate of drug-likeness (QED) is 0.469. The van der Waals surface area contributed by atoms with Gasteiger partial charge in [0.15, 0.2) is 6.61 Å². The number of anilines is 1. The first-order chi connectivity index (χ1) is 16.8. The van der Waals surface area contributed by atoms with E-state index in [-0.39, 0.29) is 25.4 Å². The first-order valence-electron chi connectivity index (χ1n) is 11.1. The Morgan fingerprint density at radius 1 is 0.943 bits per heavy atom. The number of hydrogen-bond donors (Lipinski definition) is 3. The first kappa shape index (κ1) is 25.3. The second kappa shape index (κ2) is 11.7. The molecule has 10 heteroatoms. The fraction of sp³-hybridized carbons (Fsp3) is 0.280. The summed E-state index contributed by atoms with van der Waals surface area (Å²) in [6, 6.07) is 11.8. The van der Waals surface area contributed by atoms with Gasteiger partial charge in [-0.3, -0.25) is 4.79 Å². The number of benzene rings is 2. The highest BCUT2D eigenvalue weighted by molar-refractivity contribution is 5.95. The van der Waals surface area contributed by atoms with Crippen molar-refractivity contribution < 1.29 is 33.4 Å². The Labute approximate surface area is 202 Å². The van der Waals surface area contributed by atoms with Gasteiger partial charge in [-0.15, -0.1) is 0 Å². The molecule has 10 nitrogen and oxygen atoms in total. The van der Waals surface area contributed by atoms with E-state index in [4.69, 9.17) is 14.2 Å². The number of esters is 2. The number of carbonyl (C=O) groups is 4. The maximum absolute atomic E-state index is 12.6. The van der Waals surface area contributed by atoms with E-state index < -0.39 is 29.9 Å². The Bertz CT molecular complexity index is 1140. The zero-order chi connectivity index (χ0) is 25.4. The molecule has 184 valence electrons. The Hall–Kier alpha value is -4.34. The smallest absolute Gasteiger partial charge is 0.338 e. The fourth-order valence-electron chi connectivity index (χ4n) is 3.50. The standard InChI is InChI=1S/C25H27N3O7/c1-4-33-23(30)16-10-12-17(13-11-16)27-20(29)14-35-19-9-7-6-8-18(19)22-21(24(31)34-5-2)15(3)26-25(32)28-22/h6-13,22H,4-5,14H2,1-3H3,(H,27,29)(H2,26,28,32)/t22-/m1/s1. The SMILES string of the molecule is CCOC(=O)C1=C(C)NC(=O)N[C@@H]1c1ccccc1OCC(=O)Nc1ccc(C(=O)OCC)cc1. The summed E-state index contributed by atoms with van der Waals surface area (Å²) in [5.74, 6) is -1.12. The van der Waals surface area contributed by atoms with Crippen LogP contribution in [0.1, 0.15) is 42.7 Å². The van der Waals surface area contributed by atoms with E-state index in [0.29, 0.717) is 28.3 Å². The minimum atomic E-state index is -0.822. The molecule has 0 aliphatic carbocycles. The lowest BCUT2D eigenvalue weighted by molar-refractivity contribution is -0.139. The molecule has 3 amide bonds. The molecule has 1 atom stereocenters. The molecule has 1 aliphatic heterocycles. The van der Waals surface area contributed by atoms with E-state index in [2.05, 4.69) is 16.0 Å². The number of ether oxygens (including phenoxy) is 3. The van der Waals surface area contributed by atoms with Crippen molar-refractivity contribution in [2.75, 3.05) is 25.1 Å². The summed E-state index contributed by atoms with van der Waals surface area (Å²) >= 11 is 0. The van der Waals surface area contributed by atoms with E-state index >= 15 is 0 Å². The molecule has 0 bridgehead atoms. The summed E-state index contributed by atoms with van der Waals surface area (Å²) in [5.41, 5.74) is 1.97. The normalized spacial score (nSPS) is 14.9. The van der Waals surface area contributed by atoms with Crippen LogP contribution in [0.15, 0.2) is 59.8 Å². The van der Waals surface area contributed by atoms with Gasteiger partial charge in [-0.1, -0.05) is 18.2 Å². The van der Waals surface area contributed by atoms with Gasteiger partial charge in [-0.05, 0) is 51.1 Å². The highest BCUT2D eigenvalue weighted by Gasteiger charge is 2.33. The Kier molecular flexibility index (Phi) is 8.44. The number of allylic oxidation sites excluding steroid dienone is 1. The fourth-order valence-corrected chi connectivity index (χ4v) is 3.50. The molecule has 0 radical (unpaired) electrons. The van der Waals surface area contributed by atoms with Gasteiger partial charge in [0.05, 0.1) is 30.4 Å². The Morgan fingerprint density at radius 3 is 2.29 bits per heavy atom. The summed E-state index contributed by atoms with van der Waals surface area (Å²) in [6.45, 7) is 5.15. The molecule has 1 aliphatic rings. The van der Waals surface area contributed by atoms with Crippen molar-refractivity contribution in [3.05, 3.63) is 70.9 Å². The van der Waals surface area contributed by atoms with Crippen LogP contribution >= 0.6 is 0 Å². The summed E-state index contributed by atoms with van der Waals surface area (Å²) in [7, 11) is 0. The molecule has 2 aromatic carbocycles. The van der Waals surface area contributed by atoms with Crippen molar-refractivity contribution in [3.63, 3.8) is 0 Å². The number of para-hydroxylation sites is 1. The van der Waals surface area contributed by atoms with E-state index in [1.807, 2.05) is 0 Å². The van der Waals surface area contributed by atoms with Gasteiger partial charge in [0, 0.05) is 16.9 Å². The monoisotopic (exact) mass is 481 g/mol. The van der Waals surface area contributed by atoms with Crippen molar-refractivity contribution in [2.24, 2.45) is 0 Å². The van der Waals surface area contributed by atoms with Crippen molar-refractivity contribution in [1.82, 2.24) is 10.6 Å². The molecule has 0 fully saturated rings. The van der Waals surface area contributed by atoms with E-state index in [1.54, 1.807) is 69.3 Å². The number of carbonyl (C=O) groups excluding carboxylic acids is 4. The van der Waals surface area contributed by atoms with E-state index in [0.717, 1.165) is 0 Å². The third-order valence-electron chi connectivity index (χ3n) is 5.03. The summed E-state index contributed by atoms with van der Waals surface area (Å²) < 4.78 is 15.8. The molecule has 1 heterocycles. The van der Waals surface area contributed by atoms with Gasteiger partial charge in [0.1, 0.15) is 5.75 Å². The van der Waals surface area contributed by atoms with Gasteiger partial charge >= 0.3 is 18.0 Å². The van der Waals surface area contributed by atoms with Crippen LogP contribution < -0.4 is 20.7 Å². The lowest BCUT2D eigenvalue weighted by Gasteiger charge is -2.29. The van der Waals surface area contributed by atoms with Crippen molar-refractivity contribution in [1.29, 1.82) is 0 Å². The van der Waals surface area contributed by atoms with E-state index in [9.17, 15) is 19.2 Å². The minimum Gasteiger partial charge on any atom is -0.483 e. The highest BCUT2D eigenvalue weighted by Crippen LogP contribution is 2.33. The molecule has 35 heavy (non-hydrogen) atoms. The van der Waals surface area contributed by atoms with Gasteiger partial charge in [0.25, 0.3) is 5.91 Å². The van der Waals surface area contributed by atoms with Gasteiger partial charge in [-0.25, -0.2) is 14.4 Å². The van der Waals surface area contributed by atoms with Gasteiger partial charge in [0.2, 0.25) is 0 Å². The molecule has 3 N–H and O–H groups in total. The number of rotatable bonds is 9. The lowest BCUT2D eigenvalue weighted by atomic mass is 9.95. The second-order valence-electron chi connectivity index (χ2n) is 7.46. The van der Waals surface area contributed by atoms with Crippen LogP contribution in [0.3, 0.4) is 0 Å².